The van der Waals surface area contributed by atoms with Crippen LogP contribution < -0.4 is 14.4 Å². The van der Waals surface area contributed by atoms with Gasteiger partial charge in [0.2, 0.25) is 21.8 Å². The van der Waals surface area contributed by atoms with Gasteiger partial charge in [0.25, 0.3) is 0 Å². The van der Waals surface area contributed by atoms with Gasteiger partial charge in [0.05, 0.1) is 19.1 Å². The fraction of sp³-hybridized carbons (Fsp3) is 0.440. The summed E-state index contributed by atoms with van der Waals surface area (Å²) in [5.41, 5.74) is 1.02. The second-order valence-corrected chi connectivity index (χ2v) is 10.5. The van der Waals surface area contributed by atoms with E-state index in [0.717, 1.165) is 29.0 Å². The van der Waals surface area contributed by atoms with Crippen LogP contribution >= 0.6 is 11.6 Å². The highest BCUT2D eigenvalue weighted by atomic mass is 35.5. The molecule has 2 rings (SSSR count). The van der Waals surface area contributed by atoms with E-state index in [1.807, 2.05) is 13.8 Å². The van der Waals surface area contributed by atoms with Gasteiger partial charge in [0, 0.05) is 18.1 Å². The number of para-hydroxylation sites is 2. The van der Waals surface area contributed by atoms with Gasteiger partial charge in [-0.2, -0.15) is 0 Å². The Kier molecular flexibility index (Phi) is 10.9. The maximum absolute atomic E-state index is 13.7. The second-order valence-electron chi connectivity index (χ2n) is 8.16. The minimum Gasteiger partial charge on any atom is -0.495 e. The molecule has 0 bridgehead atoms. The lowest BCUT2D eigenvalue weighted by atomic mass is 10.1. The van der Waals surface area contributed by atoms with Crippen molar-refractivity contribution in [1.82, 2.24) is 10.2 Å². The molecule has 0 aliphatic carbocycles. The summed E-state index contributed by atoms with van der Waals surface area (Å²) < 4.78 is 31.7. The van der Waals surface area contributed by atoms with Gasteiger partial charge in [-0.25, -0.2) is 8.42 Å². The molecule has 1 atom stereocenters. The number of rotatable bonds is 13. The number of nitrogens with one attached hydrogen (secondary N) is 1. The zero-order chi connectivity index (χ0) is 26.0. The molecule has 0 aliphatic heterocycles. The summed E-state index contributed by atoms with van der Waals surface area (Å²) in [6.07, 6.45) is 3.14. The van der Waals surface area contributed by atoms with Crippen molar-refractivity contribution in [3.8, 4) is 5.75 Å². The number of carbonyl (C=O) groups excluding carboxylic acids is 2. The molecule has 0 saturated carbocycles. The summed E-state index contributed by atoms with van der Waals surface area (Å²) in [4.78, 5) is 28.1. The van der Waals surface area contributed by atoms with E-state index in [2.05, 4.69) is 5.32 Å². The minimum absolute atomic E-state index is 0.124. The van der Waals surface area contributed by atoms with Crippen LogP contribution in [0, 0.1) is 0 Å². The van der Waals surface area contributed by atoms with Crippen LogP contribution in [0.4, 0.5) is 5.69 Å². The Balaban J connectivity index is 2.43. The standard InChI is InChI=1S/C25H34ClN3O5S/c1-5-7-16-27-25(31)21(6-2)28(17-19-12-14-20(26)15-13-19)24(30)18-29(35(4,32)33)22-10-8-9-11-23(22)34-3/h8-15,21H,5-7,16-18H2,1-4H3,(H,27,31). The van der Waals surface area contributed by atoms with Gasteiger partial charge in [-0.1, -0.05) is 56.1 Å². The number of halogens is 1. The molecule has 192 valence electrons. The third kappa shape index (κ3) is 8.14. The topological polar surface area (TPSA) is 96.0 Å². The first kappa shape index (κ1) is 28.5. The molecule has 2 aromatic rings. The SMILES string of the molecule is CCCCNC(=O)C(CC)N(Cc1ccc(Cl)cc1)C(=O)CN(c1ccccc1OC)S(C)(=O)=O. The van der Waals surface area contributed by atoms with Crippen molar-refractivity contribution < 1.29 is 22.7 Å². The molecule has 0 heterocycles. The summed E-state index contributed by atoms with van der Waals surface area (Å²) in [7, 11) is -2.41. The van der Waals surface area contributed by atoms with Crippen LogP contribution in [0.1, 0.15) is 38.7 Å². The third-order valence-electron chi connectivity index (χ3n) is 5.51. The predicted octanol–water partition coefficient (Wildman–Crippen LogP) is 3.84. The number of methoxy groups -OCH3 is 1. The normalized spacial score (nSPS) is 12.0. The third-order valence-corrected chi connectivity index (χ3v) is 6.89. The van der Waals surface area contributed by atoms with Gasteiger partial charge >= 0.3 is 0 Å². The Labute approximate surface area is 213 Å². The summed E-state index contributed by atoms with van der Waals surface area (Å²) in [5.74, 6) is -0.459. The number of unbranched alkanes of at least 4 members (excludes halogenated alkanes) is 1. The summed E-state index contributed by atoms with van der Waals surface area (Å²) in [5, 5.41) is 3.44. The Morgan fingerprint density at radius 1 is 1.09 bits per heavy atom. The predicted molar refractivity (Wildman–Crippen MR) is 139 cm³/mol. The molecule has 0 radical (unpaired) electrons. The number of carbonyl (C=O) groups is 2. The Morgan fingerprint density at radius 3 is 2.31 bits per heavy atom. The van der Waals surface area contributed by atoms with E-state index in [9.17, 15) is 18.0 Å². The molecule has 8 nitrogen and oxygen atoms in total. The zero-order valence-corrected chi connectivity index (χ0v) is 22.2. The van der Waals surface area contributed by atoms with Crippen LogP contribution in [-0.2, 0) is 26.2 Å². The van der Waals surface area contributed by atoms with Gasteiger partial charge in [0.1, 0.15) is 18.3 Å². The Bertz CT molecular complexity index is 1090. The lowest BCUT2D eigenvalue weighted by molar-refractivity contribution is -0.140. The van der Waals surface area contributed by atoms with E-state index in [0.29, 0.717) is 23.7 Å². The maximum Gasteiger partial charge on any atom is 0.244 e. The highest BCUT2D eigenvalue weighted by Crippen LogP contribution is 2.29. The summed E-state index contributed by atoms with van der Waals surface area (Å²) >= 11 is 6.01. The van der Waals surface area contributed by atoms with Crippen molar-refractivity contribution in [2.75, 3.05) is 30.8 Å². The molecular weight excluding hydrogens is 490 g/mol. The molecule has 1 unspecified atom stereocenters. The molecule has 2 aromatic carbocycles. The molecule has 0 spiro atoms. The molecule has 2 amide bonds. The molecule has 35 heavy (non-hydrogen) atoms. The van der Waals surface area contributed by atoms with E-state index in [-0.39, 0.29) is 18.1 Å². The highest BCUT2D eigenvalue weighted by Gasteiger charge is 2.32. The van der Waals surface area contributed by atoms with Crippen LogP contribution in [0.15, 0.2) is 48.5 Å². The van der Waals surface area contributed by atoms with E-state index >= 15 is 0 Å². The van der Waals surface area contributed by atoms with Gasteiger partial charge in [-0.05, 0) is 42.7 Å². The van der Waals surface area contributed by atoms with E-state index in [1.54, 1.807) is 48.5 Å². The van der Waals surface area contributed by atoms with Crippen molar-refractivity contribution in [3.63, 3.8) is 0 Å². The highest BCUT2D eigenvalue weighted by molar-refractivity contribution is 7.92. The average molecular weight is 524 g/mol. The number of ether oxygens (including phenoxy) is 1. The number of nitrogens with zero attached hydrogens (tertiary/aromatic N) is 2. The molecule has 0 fully saturated rings. The molecule has 0 aromatic heterocycles. The van der Waals surface area contributed by atoms with Gasteiger partial charge in [0.15, 0.2) is 0 Å². The number of hydrogen-bond acceptors (Lipinski definition) is 5. The van der Waals surface area contributed by atoms with Gasteiger partial charge in [-0.15, -0.1) is 0 Å². The molecule has 10 heteroatoms. The first-order valence-electron chi connectivity index (χ1n) is 11.5. The lowest BCUT2D eigenvalue weighted by Crippen LogP contribution is -2.52. The van der Waals surface area contributed by atoms with Crippen molar-refractivity contribution in [2.24, 2.45) is 0 Å². The van der Waals surface area contributed by atoms with E-state index in [1.165, 1.54) is 12.0 Å². The fourth-order valence-corrected chi connectivity index (χ4v) is 4.62. The maximum atomic E-state index is 13.7. The average Bonchev–Trinajstić information content (AvgIpc) is 2.83. The second kappa shape index (κ2) is 13.3. The van der Waals surface area contributed by atoms with Crippen LogP contribution in [0.5, 0.6) is 5.75 Å². The number of benzene rings is 2. The first-order valence-corrected chi connectivity index (χ1v) is 13.8. The number of amides is 2. The number of hydrogen-bond donors (Lipinski definition) is 1. The molecule has 0 saturated heterocycles. The monoisotopic (exact) mass is 523 g/mol. The van der Waals surface area contributed by atoms with E-state index in [4.69, 9.17) is 16.3 Å². The van der Waals surface area contributed by atoms with Crippen LogP contribution in [0.2, 0.25) is 5.02 Å². The Morgan fingerprint density at radius 2 is 1.74 bits per heavy atom. The van der Waals surface area contributed by atoms with Crippen molar-refractivity contribution >= 4 is 39.1 Å². The smallest absolute Gasteiger partial charge is 0.244 e. The van der Waals surface area contributed by atoms with Gasteiger partial charge in [-0.3, -0.25) is 13.9 Å². The number of sulfonamides is 1. The largest absolute Gasteiger partial charge is 0.495 e. The zero-order valence-electron chi connectivity index (χ0n) is 20.7. The van der Waals surface area contributed by atoms with E-state index < -0.39 is 28.5 Å². The number of anilines is 1. The van der Waals surface area contributed by atoms with Crippen LogP contribution in [-0.4, -0.2) is 57.6 Å². The van der Waals surface area contributed by atoms with Crippen molar-refractivity contribution in [2.45, 2.75) is 45.7 Å². The minimum atomic E-state index is -3.84. The lowest BCUT2D eigenvalue weighted by Gasteiger charge is -2.33. The quantitative estimate of drug-likeness (QED) is 0.402. The fourth-order valence-electron chi connectivity index (χ4n) is 3.64. The van der Waals surface area contributed by atoms with Crippen LogP contribution in [0.25, 0.3) is 0 Å². The van der Waals surface area contributed by atoms with Gasteiger partial charge < -0.3 is 15.0 Å². The van der Waals surface area contributed by atoms with Crippen LogP contribution in [0.3, 0.4) is 0 Å². The molecule has 0 aliphatic rings. The molecular formula is C25H34ClN3O5S. The Hall–Kier alpha value is -2.78. The summed E-state index contributed by atoms with van der Waals surface area (Å²) in [6.45, 7) is 3.99. The first-order chi connectivity index (χ1) is 16.6. The van der Waals surface area contributed by atoms with Crippen molar-refractivity contribution in [1.29, 1.82) is 0 Å². The molecule has 1 N–H and O–H groups in total. The van der Waals surface area contributed by atoms with Crippen molar-refractivity contribution in [3.05, 3.63) is 59.1 Å². The summed E-state index contributed by atoms with van der Waals surface area (Å²) in [6, 6.07) is 12.8.